The van der Waals surface area contributed by atoms with E-state index < -0.39 is 12.3 Å². The fourth-order valence-electron chi connectivity index (χ4n) is 2.25. The second kappa shape index (κ2) is 6.99. The molecule has 1 N–H and O–H groups in total. The number of nitrogens with zero attached hydrogens (tertiary/aromatic N) is 2. The summed E-state index contributed by atoms with van der Waals surface area (Å²) in [7, 11) is 0. The molecule has 8 heteroatoms. The molecule has 134 valence electrons. The zero-order chi connectivity index (χ0) is 18.7. The second-order valence-corrected chi connectivity index (χ2v) is 5.57. The van der Waals surface area contributed by atoms with Gasteiger partial charge in [0.15, 0.2) is 6.10 Å². The van der Waals surface area contributed by atoms with Crippen molar-refractivity contribution < 1.29 is 22.7 Å². The number of fused-ring (bicyclic) bond motifs is 1. The SMILES string of the molecule is C[C@@H](Oc1nncc2cc(NC(=O)c3ccccc3)ccc12)C(F)(F)F. The number of ether oxygens (including phenoxy) is 1. The van der Waals surface area contributed by atoms with Crippen LogP contribution in [0.25, 0.3) is 10.8 Å². The predicted octanol–water partition coefficient (Wildman–Crippen LogP) is 4.21. The molecule has 1 aromatic heterocycles. The first kappa shape index (κ1) is 17.7. The lowest BCUT2D eigenvalue weighted by atomic mass is 10.1. The number of hydrogen-bond acceptors (Lipinski definition) is 4. The van der Waals surface area contributed by atoms with Crippen LogP contribution in [0.5, 0.6) is 5.88 Å². The molecule has 1 atom stereocenters. The van der Waals surface area contributed by atoms with Crippen molar-refractivity contribution in [3.05, 3.63) is 60.3 Å². The van der Waals surface area contributed by atoms with Gasteiger partial charge in [-0.1, -0.05) is 18.2 Å². The summed E-state index contributed by atoms with van der Waals surface area (Å²) < 4.78 is 42.9. The molecule has 26 heavy (non-hydrogen) atoms. The lowest BCUT2D eigenvalue weighted by molar-refractivity contribution is -0.189. The molecule has 1 heterocycles. The Balaban J connectivity index is 1.85. The number of carbonyl (C=O) groups excluding carboxylic acids is 1. The highest BCUT2D eigenvalue weighted by atomic mass is 19.4. The van der Waals surface area contributed by atoms with E-state index in [0.717, 1.165) is 6.92 Å². The zero-order valence-electron chi connectivity index (χ0n) is 13.6. The zero-order valence-corrected chi connectivity index (χ0v) is 13.6. The number of halogens is 3. The standard InChI is InChI=1S/C18H14F3N3O2/c1-11(18(19,20)21)26-17-15-8-7-14(9-13(15)10-22-24-17)23-16(25)12-5-3-2-4-6-12/h2-11H,1H3,(H,23,25)/t11-/m1/s1. The number of rotatable bonds is 4. The third kappa shape index (κ3) is 3.90. The molecular weight excluding hydrogens is 347 g/mol. The summed E-state index contributed by atoms with van der Waals surface area (Å²) in [5.41, 5.74) is 0.970. The Morgan fingerprint density at radius 3 is 2.58 bits per heavy atom. The third-order valence-electron chi connectivity index (χ3n) is 3.67. The highest BCUT2D eigenvalue weighted by Gasteiger charge is 2.38. The van der Waals surface area contributed by atoms with Crippen molar-refractivity contribution in [2.45, 2.75) is 19.2 Å². The van der Waals surface area contributed by atoms with Crippen molar-refractivity contribution in [1.82, 2.24) is 10.2 Å². The summed E-state index contributed by atoms with van der Waals surface area (Å²) in [6.45, 7) is 0.898. The molecule has 2 aromatic carbocycles. The van der Waals surface area contributed by atoms with E-state index in [1.54, 1.807) is 42.5 Å². The summed E-state index contributed by atoms with van der Waals surface area (Å²) in [5.74, 6) is -0.512. The van der Waals surface area contributed by atoms with Crippen LogP contribution in [0, 0.1) is 0 Å². The molecule has 0 unspecified atom stereocenters. The van der Waals surface area contributed by atoms with Crippen LogP contribution in [-0.2, 0) is 0 Å². The Kier molecular flexibility index (Phi) is 4.75. The van der Waals surface area contributed by atoms with Gasteiger partial charge in [-0.25, -0.2) is 0 Å². The van der Waals surface area contributed by atoms with Crippen molar-refractivity contribution in [2.75, 3.05) is 5.32 Å². The monoisotopic (exact) mass is 361 g/mol. The topological polar surface area (TPSA) is 64.1 Å². The van der Waals surface area contributed by atoms with Crippen LogP contribution in [0.3, 0.4) is 0 Å². The molecule has 0 bridgehead atoms. The minimum atomic E-state index is -4.51. The summed E-state index contributed by atoms with van der Waals surface area (Å²) in [5, 5.41) is 10.9. The van der Waals surface area contributed by atoms with Gasteiger partial charge in [0, 0.05) is 22.0 Å². The molecule has 3 aromatic rings. The van der Waals surface area contributed by atoms with E-state index in [0.29, 0.717) is 22.0 Å². The fourth-order valence-corrected chi connectivity index (χ4v) is 2.25. The van der Waals surface area contributed by atoms with Crippen molar-refractivity contribution in [3.8, 4) is 5.88 Å². The number of hydrogen-bond donors (Lipinski definition) is 1. The van der Waals surface area contributed by atoms with Gasteiger partial charge in [-0.15, -0.1) is 5.10 Å². The number of anilines is 1. The van der Waals surface area contributed by atoms with Crippen LogP contribution in [0.15, 0.2) is 54.7 Å². The highest BCUT2D eigenvalue weighted by Crippen LogP contribution is 2.29. The molecule has 0 aliphatic carbocycles. The Hall–Kier alpha value is -3.16. The van der Waals surface area contributed by atoms with Crippen molar-refractivity contribution in [2.24, 2.45) is 0 Å². The lowest BCUT2D eigenvalue weighted by Crippen LogP contribution is -2.31. The Morgan fingerprint density at radius 1 is 1.15 bits per heavy atom. The maximum absolute atomic E-state index is 12.7. The summed E-state index contributed by atoms with van der Waals surface area (Å²) >= 11 is 0. The predicted molar refractivity (Wildman–Crippen MR) is 90.1 cm³/mol. The van der Waals surface area contributed by atoms with E-state index in [4.69, 9.17) is 4.74 Å². The molecule has 0 aliphatic rings. The number of benzene rings is 2. The van der Waals surface area contributed by atoms with E-state index in [1.165, 1.54) is 12.3 Å². The number of amides is 1. The minimum Gasteiger partial charge on any atom is -0.463 e. The summed E-state index contributed by atoms with van der Waals surface area (Å²) in [6, 6.07) is 13.3. The maximum atomic E-state index is 12.7. The van der Waals surface area contributed by atoms with Crippen molar-refractivity contribution >= 4 is 22.4 Å². The second-order valence-electron chi connectivity index (χ2n) is 5.57. The molecule has 0 aliphatic heterocycles. The van der Waals surface area contributed by atoms with Crippen LogP contribution >= 0.6 is 0 Å². The Labute approximate surface area is 146 Å². The van der Waals surface area contributed by atoms with E-state index in [9.17, 15) is 18.0 Å². The molecule has 0 radical (unpaired) electrons. The first-order valence-corrected chi connectivity index (χ1v) is 7.70. The smallest absolute Gasteiger partial charge is 0.425 e. The van der Waals surface area contributed by atoms with Crippen LogP contribution in [0.2, 0.25) is 0 Å². The Bertz CT molecular complexity index is 930. The van der Waals surface area contributed by atoms with Gasteiger partial charge < -0.3 is 10.1 Å². The van der Waals surface area contributed by atoms with Crippen molar-refractivity contribution in [1.29, 1.82) is 0 Å². The number of nitrogens with one attached hydrogen (secondary N) is 1. The first-order valence-electron chi connectivity index (χ1n) is 7.70. The van der Waals surface area contributed by atoms with Crippen LogP contribution in [-0.4, -0.2) is 28.4 Å². The summed E-state index contributed by atoms with van der Waals surface area (Å²) in [4.78, 5) is 12.2. The molecule has 5 nitrogen and oxygen atoms in total. The van der Waals surface area contributed by atoms with Gasteiger partial charge in [0.05, 0.1) is 6.20 Å². The van der Waals surface area contributed by atoms with Crippen LogP contribution in [0.1, 0.15) is 17.3 Å². The largest absolute Gasteiger partial charge is 0.463 e. The van der Waals surface area contributed by atoms with E-state index in [1.807, 2.05) is 0 Å². The quantitative estimate of drug-likeness (QED) is 0.756. The lowest BCUT2D eigenvalue weighted by Gasteiger charge is -2.17. The average molecular weight is 361 g/mol. The van der Waals surface area contributed by atoms with Crippen LogP contribution < -0.4 is 10.1 Å². The Morgan fingerprint density at radius 2 is 1.88 bits per heavy atom. The third-order valence-corrected chi connectivity index (χ3v) is 3.67. The van der Waals surface area contributed by atoms with Gasteiger partial charge in [0.25, 0.3) is 5.91 Å². The van der Waals surface area contributed by atoms with Gasteiger partial charge in [-0.05, 0) is 37.3 Å². The highest BCUT2D eigenvalue weighted by molar-refractivity contribution is 6.05. The van der Waals surface area contributed by atoms with Gasteiger partial charge in [0.1, 0.15) is 0 Å². The minimum absolute atomic E-state index is 0.215. The van der Waals surface area contributed by atoms with E-state index in [2.05, 4.69) is 15.5 Å². The molecule has 3 rings (SSSR count). The molecule has 0 saturated heterocycles. The van der Waals surface area contributed by atoms with Crippen molar-refractivity contribution in [3.63, 3.8) is 0 Å². The fraction of sp³-hybridized carbons (Fsp3) is 0.167. The van der Waals surface area contributed by atoms with Crippen LogP contribution in [0.4, 0.5) is 18.9 Å². The van der Waals surface area contributed by atoms with Gasteiger partial charge >= 0.3 is 6.18 Å². The molecule has 0 fully saturated rings. The number of alkyl halides is 3. The molecular formula is C18H14F3N3O2. The maximum Gasteiger partial charge on any atom is 0.425 e. The average Bonchev–Trinajstić information content (AvgIpc) is 2.61. The molecule has 0 spiro atoms. The molecule has 0 saturated carbocycles. The van der Waals surface area contributed by atoms with Gasteiger partial charge in [-0.2, -0.15) is 18.3 Å². The van der Waals surface area contributed by atoms with Gasteiger partial charge in [-0.3, -0.25) is 4.79 Å². The van der Waals surface area contributed by atoms with Gasteiger partial charge in [0.2, 0.25) is 5.88 Å². The normalized spacial score (nSPS) is 12.6. The van der Waals surface area contributed by atoms with E-state index >= 15 is 0 Å². The first-order chi connectivity index (χ1) is 12.3. The number of carbonyl (C=O) groups is 1. The molecule has 1 amide bonds. The summed E-state index contributed by atoms with van der Waals surface area (Å²) in [6.07, 6.45) is -5.13. The van der Waals surface area contributed by atoms with E-state index in [-0.39, 0.29) is 11.8 Å². The number of aromatic nitrogens is 2.